The Bertz CT molecular complexity index is 696. The predicted octanol–water partition coefficient (Wildman–Crippen LogP) is 1.79. The average Bonchev–Trinajstić information content (AvgIpc) is 2.88. The Hall–Kier alpha value is -2.63. The number of ether oxygens (including phenoxy) is 2. The average molecular weight is 254 g/mol. The quantitative estimate of drug-likeness (QED) is 0.716. The van der Waals surface area contributed by atoms with E-state index in [1.165, 1.54) is 6.33 Å². The van der Waals surface area contributed by atoms with E-state index in [-0.39, 0.29) is 0 Å². The molecule has 3 aromatic rings. The Morgan fingerprint density at radius 1 is 1.00 bits per heavy atom. The molecule has 0 radical (unpaired) electrons. The lowest BCUT2D eigenvalue weighted by atomic mass is 10.2. The van der Waals surface area contributed by atoms with Crippen LogP contribution in [0.25, 0.3) is 22.4 Å². The zero-order chi connectivity index (χ0) is 12.7. The Morgan fingerprint density at radius 2 is 1.74 bits per heavy atom. The summed E-state index contributed by atoms with van der Waals surface area (Å²) in [4.78, 5) is 15.7. The first-order chi connectivity index (χ1) is 9.40. The molecular formula is C13H10N4O2. The van der Waals surface area contributed by atoms with Crippen molar-refractivity contribution >= 4 is 11.0 Å². The van der Waals surface area contributed by atoms with Crippen molar-refractivity contribution in [1.82, 2.24) is 19.9 Å². The van der Waals surface area contributed by atoms with Crippen LogP contribution in [0.3, 0.4) is 0 Å². The van der Waals surface area contributed by atoms with Crippen molar-refractivity contribution in [3.63, 3.8) is 0 Å². The number of nitrogens with one attached hydrogen (secondary N) is 1. The van der Waals surface area contributed by atoms with Crippen LogP contribution < -0.4 is 9.47 Å². The van der Waals surface area contributed by atoms with E-state index < -0.39 is 0 Å². The van der Waals surface area contributed by atoms with Gasteiger partial charge in [0.05, 0.1) is 16.6 Å². The molecule has 0 saturated carbocycles. The van der Waals surface area contributed by atoms with Crippen LogP contribution in [-0.4, -0.2) is 33.1 Å². The Labute approximate surface area is 108 Å². The molecule has 0 unspecified atom stereocenters. The van der Waals surface area contributed by atoms with Crippen molar-refractivity contribution in [2.45, 2.75) is 0 Å². The second-order valence-electron chi connectivity index (χ2n) is 4.23. The number of imidazole rings is 1. The number of nitrogens with zero attached hydrogens (tertiary/aromatic N) is 3. The van der Waals surface area contributed by atoms with Crippen molar-refractivity contribution < 1.29 is 9.47 Å². The number of aromatic amines is 1. The summed E-state index contributed by atoms with van der Waals surface area (Å²) >= 11 is 0. The van der Waals surface area contributed by atoms with Crippen molar-refractivity contribution in [3.05, 3.63) is 30.9 Å². The van der Waals surface area contributed by atoms with Crippen molar-refractivity contribution in [1.29, 1.82) is 0 Å². The predicted molar refractivity (Wildman–Crippen MR) is 68.1 cm³/mol. The molecule has 1 aliphatic rings. The van der Waals surface area contributed by atoms with Crippen LogP contribution >= 0.6 is 0 Å². The molecule has 0 spiro atoms. The van der Waals surface area contributed by atoms with Gasteiger partial charge in [-0.1, -0.05) is 0 Å². The normalized spacial score (nSPS) is 13.7. The lowest BCUT2D eigenvalue weighted by Gasteiger charge is -2.17. The summed E-state index contributed by atoms with van der Waals surface area (Å²) in [6, 6.07) is 3.79. The molecule has 3 heterocycles. The summed E-state index contributed by atoms with van der Waals surface area (Å²) in [6.45, 7) is 1.15. The van der Waals surface area contributed by atoms with E-state index in [1.54, 1.807) is 12.4 Å². The molecule has 2 aromatic heterocycles. The van der Waals surface area contributed by atoms with Gasteiger partial charge in [-0.25, -0.2) is 15.0 Å². The Balaban J connectivity index is 1.87. The summed E-state index contributed by atoms with van der Waals surface area (Å²) in [5.74, 6) is 2.22. The maximum atomic E-state index is 5.55. The molecule has 94 valence electrons. The number of benzene rings is 1. The minimum atomic E-state index is 0.572. The monoisotopic (exact) mass is 254 g/mol. The summed E-state index contributed by atoms with van der Waals surface area (Å²) in [7, 11) is 0. The molecule has 4 rings (SSSR count). The molecule has 19 heavy (non-hydrogen) atoms. The van der Waals surface area contributed by atoms with Crippen molar-refractivity contribution in [3.8, 4) is 22.9 Å². The third-order valence-electron chi connectivity index (χ3n) is 2.98. The van der Waals surface area contributed by atoms with Crippen LogP contribution in [0.2, 0.25) is 0 Å². The van der Waals surface area contributed by atoms with E-state index in [0.29, 0.717) is 13.2 Å². The summed E-state index contributed by atoms with van der Waals surface area (Å²) in [5, 5.41) is 0. The SMILES string of the molecule is c1ncc(-c2nc3cc4c(cc3[nH]2)OCCO4)cn1. The fraction of sp³-hybridized carbons (Fsp3) is 0.154. The first kappa shape index (κ1) is 10.3. The van der Waals surface area contributed by atoms with Gasteiger partial charge in [-0.05, 0) is 0 Å². The minimum absolute atomic E-state index is 0.572. The highest BCUT2D eigenvalue weighted by Gasteiger charge is 2.15. The van der Waals surface area contributed by atoms with Crippen LogP contribution in [0.5, 0.6) is 11.5 Å². The molecule has 0 bridgehead atoms. The van der Waals surface area contributed by atoms with Gasteiger partial charge in [-0.2, -0.15) is 0 Å². The van der Waals surface area contributed by atoms with Gasteiger partial charge in [0.25, 0.3) is 0 Å². The molecule has 0 saturated heterocycles. The number of H-pyrrole nitrogens is 1. The molecule has 0 amide bonds. The molecule has 6 nitrogen and oxygen atoms in total. The van der Waals surface area contributed by atoms with Gasteiger partial charge < -0.3 is 14.5 Å². The number of aromatic nitrogens is 4. The minimum Gasteiger partial charge on any atom is -0.486 e. The Kier molecular flexibility index (Phi) is 2.14. The molecule has 6 heteroatoms. The number of hydrogen-bond acceptors (Lipinski definition) is 5. The summed E-state index contributed by atoms with van der Waals surface area (Å²) in [6.07, 6.45) is 4.93. The van der Waals surface area contributed by atoms with Gasteiger partial charge in [0.1, 0.15) is 25.4 Å². The number of fused-ring (bicyclic) bond motifs is 2. The second-order valence-corrected chi connectivity index (χ2v) is 4.23. The lowest BCUT2D eigenvalue weighted by molar-refractivity contribution is 0.172. The third kappa shape index (κ3) is 1.69. The van der Waals surface area contributed by atoms with Crippen LogP contribution in [0.15, 0.2) is 30.9 Å². The summed E-state index contributed by atoms with van der Waals surface area (Å²) < 4.78 is 11.1. The smallest absolute Gasteiger partial charge is 0.163 e. The maximum absolute atomic E-state index is 5.55. The van der Waals surface area contributed by atoms with Gasteiger partial charge in [-0.3, -0.25) is 0 Å². The highest BCUT2D eigenvalue weighted by atomic mass is 16.6. The number of rotatable bonds is 1. The molecule has 1 aliphatic heterocycles. The van der Waals surface area contributed by atoms with Gasteiger partial charge in [-0.15, -0.1) is 0 Å². The number of hydrogen-bond donors (Lipinski definition) is 1. The van der Waals surface area contributed by atoms with Crippen LogP contribution in [0.1, 0.15) is 0 Å². The molecule has 0 fully saturated rings. The van der Waals surface area contributed by atoms with Crippen LogP contribution in [0.4, 0.5) is 0 Å². The largest absolute Gasteiger partial charge is 0.486 e. The standard InChI is InChI=1S/C13H10N4O2/c1-2-19-12-4-10-9(3-11(12)18-1)16-13(17-10)8-5-14-7-15-6-8/h3-7H,1-2H2,(H,16,17). The fourth-order valence-corrected chi connectivity index (χ4v) is 2.10. The molecule has 1 N–H and O–H groups in total. The highest BCUT2D eigenvalue weighted by molar-refractivity contribution is 5.82. The molecular weight excluding hydrogens is 244 g/mol. The van der Waals surface area contributed by atoms with E-state index in [2.05, 4.69) is 19.9 Å². The second kappa shape index (κ2) is 3.94. The lowest BCUT2D eigenvalue weighted by Crippen LogP contribution is -2.15. The highest BCUT2D eigenvalue weighted by Crippen LogP contribution is 2.34. The van der Waals surface area contributed by atoms with Crippen LogP contribution in [-0.2, 0) is 0 Å². The zero-order valence-corrected chi connectivity index (χ0v) is 9.96. The molecule has 0 aliphatic carbocycles. The molecule has 0 atom stereocenters. The van der Waals surface area contributed by atoms with Gasteiger partial charge in [0.15, 0.2) is 11.5 Å². The summed E-state index contributed by atoms with van der Waals surface area (Å²) in [5.41, 5.74) is 2.59. The van der Waals surface area contributed by atoms with Crippen molar-refractivity contribution in [2.75, 3.05) is 13.2 Å². The van der Waals surface area contributed by atoms with Gasteiger partial charge in [0, 0.05) is 24.5 Å². The van der Waals surface area contributed by atoms with E-state index in [1.807, 2.05) is 12.1 Å². The van der Waals surface area contributed by atoms with Gasteiger partial charge >= 0.3 is 0 Å². The van der Waals surface area contributed by atoms with Crippen LogP contribution in [0, 0.1) is 0 Å². The third-order valence-corrected chi connectivity index (χ3v) is 2.98. The van der Waals surface area contributed by atoms with E-state index in [0.717, 1.165) is 33.9 Å². The first-order valence-electron chi connectivity index (χ1n) is 5.95. The first-order valence-corrected chi connectivity index (χ1v) is 5.95. The Morgan fingerprint density at radius 3 is 2.53 bits per heavy atom. The van der Waals surface area contributed by atoms with E-state index in [4.69, 9.17) is 9.47 Å². The maximum Gasteiger partial charge on any atom is 0.163 e. The fourth-order valence-electron chi connectivity index (χ4n) is 2.10. The van der Waals surface area contributed by atoms with Crippen molar-refractivity contribution in [2.24, 2.45) is 0 Å². The zero-order valence-electron chi connectivity index (χ0n) is 9.96. The molecule has 1 aromatic carbocycles. The van der Waals surface area contributed by atoms with E-state index in [9.17, 15) is 0 Å². The van der Waals surface area contributed by atoms with Gasteiger partial charge in [0.2, 0.25) is 0 Å². The van der Waals surface area contributed by atoms with E-state index >= 15 is 0 Å². The topological polar surface area (TPSA) is 72.9 Å².